The van der Waals surface area contributed by atoms with Crippen molar-refractivity contribution >= 4 is 25.6 Å². The highest BCUT2D eigenvalue weighted by molar-refractivity contribution is 8.14. The van der Waals surface area contributed by atoms with Gasteiger partial charge in [-0.3, -0.25) is 4.79 Å². The molecule has 5 nitrogen and oxygen atoms in total. The number of rotatable bonds is 2. The molecule has 0 aromatic rings. The Kier molecular flexibility index (Phi) is 2.92. The lowest BCUT2D eigenvalue weighted by molar-refractivity contribution is -0.129. The van der Waals surface area contributed by atoms with Gasteiger partial charge in [0.2, 0.25) is 15.0 Å². The molecule has 0 spiro atoms. The molecule has 0 aromatic heterocycles. The average molecular weight is 254 g/mol. The molecule has 0 aliphatic carbocycles. The highest BCUT2D eigenvalue weighted by Crippen LogP contribution is 2.25. The van der Waals surface area contributed by atoms with Crippen LogP contribution in [0.4, 0.5) is 0 Å². The van der Waals surface area contributed by atoms with Gasteiger partial charge in [0.25, 0.3) is 0 Å². The number of hydrogen-bond donors (Lipinski definition) is 0. The van der Waals surface area contributed by atoms with Crippen LogP contribution in [0.5, 0.6) is 0 Å². The minimum atomic E-state index is -3.63. The molecule has 0 saturated carbocycles. The molecule has 15 heavy (non-hydrogen) atoms. The Labute approximate surface area is 92.7 Å². The quantitative estimate of drug-likeness (QED) is 0.647. The Balaban J connectivity index is 2.07. The van der Waals surface area contributed by atoms with Crippen molar-refractivity contribution in [3.8, 4) is 0 Å². The molecule has 2 aliphatic heterocycles. The SMILES string of the molecule is O=C1CC(S(=O)(=O)Cl)CN1[C@@H]1CCOC1. The van der Waals surface area contributed by atoms with Crippen LogP contribution in [-0.2, 0) is 18.6 Å². The summed E-state index contributed by atoms with van der Waals surface area (Å²) in [5, 5.41) is -0.757. The highest BCUT2D eigenvalue weighted by atomic mass is 35.7. The number of ether oxygens (including phenoxy) is 1. The molecule has 86 valence electrons. The van der Waals surface area contributed by atoms with E-state index in [1.54, 1.807) is 4.90 Å². The molecule has 0 radical (unpaired) electrons. The fraction of sp³-hybridized carbons (Fsp3) is 0.875. The van der Waals surface area contributed by atoms with E-state index in [1.165, 1.54) is 0 Å². The zero-order valence-electron chi connectivity index (χ0n) is 8.06. The second-order valence-corrected chi connectivity index (χ2v) is 6.77. The summed E-state index contributed by atoms with van der Waals surface area (Å²) in [7, 11) is 1.61. The van der Waals surface area contributed by atoms with Gasteiger partial charge in [0, 0.05) is 30.3 Å². The monoisotopic (exact) mass is 253 g/mol. The van der Waals surface area contributed by atoms with Gasteiger partial charge in [-0.15, -0.1) is 0 Å². The maximum Gasteiger partial charge on any atom is 0.237 e. The van der Waals surface area contributed by atoms with Crippen LogP contribution in [0.2, 0.25) is 0 Å². The van der Waals surface area contributed by atoms with Gasteiger partial charge in [0.05, 0.1) is 12.6 Å². The van der Waals surface area contributed by atoms with Crippen LogP contribution in [0.25, 0.3) is 0 Å². The standard InChI is InChI=1S/C8H12ClNO4S/c9-15(12,13)7-3-8(11)10(4-7)6-1-2-14-5-6/h6-7H,1-5H2/t6-,7?/m1/s1. The zero-order valence-corrected chi connectivity index (χ0v) is 9.63. The minimum Gasteiger partial charge on any atom is -0.379 e. The molecular weight excluding hydrogens is 242 g/mol. The van der Waals surface area contributed by atoms with Crippen molar-refractivity contribution in [2.75, 3.05) is 19.8 Å². The van der Waals surface area contributed by atoms with Gasteiger partial charge in [-0.05, 0) is 6.42 Å². The molecule has 0 bridgehead atoms. The number of likely N-dealkylation sites (tertiary alicyclic amines) is 1. The van der Waals surface area contributed by atoms with Crippen molar-refractivity contribution in [3.63, 3.8) is 0 Å². The lowest BCUT2D eigenvalue weighted by Crippen LogP contribution is -2.37. The molecule has 2 saturated heterocycles. The normalized spacial score (nSPS) is 32.6. The molecular formula is C8H12ClNO4S. The number of carbonyl (C=O) groups is 1. The Bertz CT molecular complexity index is 363. The van der Waals surface area contributed by atoms with Crippen LogP contribution in [0.15, 0.2) is 0 Å². The summed E-state index contributed by atoms with van der Waals surface area (Å²) in [6.45, 7) is 1.34. The van der Waals surface area contributed by atoms with Gasteiger partial charge in [-0.2, -0.15) is 0 Å². The summed E-state index contributed by atoms with van der Waals surface area (Å²) in [6.07, 6.45) is 0.781. The van der Waals surface area contributed by atoms with Crippen LogP contribution in [-0.4, -0.2) is 50.3 Å². The largest absolute Gasteiger partial charge is 0.379 e. The Morgan fingerprint density at radius 2 is 2.20 bits per heavy atom. The third-order valence-corrected chi connectivity index (χ3v) is 4.74. The van der Waals surface area contributed by atoms with Crippen molar-refractivity contribution in [1.29, 1.82) is 0 Å². The summed E-state index contributed by atoms with van der Waals surface area (Å²) in [5.41, 5.74) is 0. The van der Waals surface area contributed by atoms with E-state index in [0.29, 0.717) is 13.2 Å². The molecule has 0 N–H and O–H groups in total. The van der Waals surface area contributed by atoms with Crippen LogP contribution >= 0.6 is 10.7 Å². The molecule has 7 heteroatoms. The lowest BCUT2D eigenvalue weighted by Gasteiger charge is -2.22. The van der Waals surface area contributed by atoms with Crippen molar-refractivity contribution in [2.24, 2.45) is 0 Å². The Hall–Kier alpha value is -0.330. The van der Waals surface area contributed by atoms with E-state index >= 15 is 0 Å². The molecule has 0 aromatic carbocycles. The van der Waals surface area contributed by atoms with E-state index in [9.17, 15) is 13.2 Å². The second kappa shape index (κ2) is 3.92. The predicted octanol–water partition coefficient (Wildman–Crippen LogP) is -0.0552. The summed E-state index contributed by atoms with van der Waals surface area (Å²) in [6, 6.07) is 0.0286. The van der Waals surface area contributed by atoms with E-state index in [1.807, 2.05) is 0 Å². The van der Waals surface area contributed by atoms with Gasteiger partial charge >= 0.3 is 0 Å². The smallest absolute Gasteiger partial charge is 0.237 e. The predicted molar refractivity (Wildman–Crippen MR) is 54.1 cm³/mol. The van der Waals surface area contributed by atoms with E-state index in [2.05, 4.69) is 0 Å². The van der Waals surface area contributed by atoms with Crippen molar-refractivity contribution in [1.82, 2.24) is 4.90 Å². The fourth-order valence-corrected chi connectivity index (χ4v) is 3.05. The summed E-state index contributed by atoms with van der Waals surface area (Å²) in [4.78, 5) is 13.1. The average Bonchev–Trinajstić information content (AvgIpc) is 2.69. The van der Waals surface area contributed by atoms with Crippen LogP contribution in [0.1, 0.15) is 12.8 Å². The Morgan fingerprint density at radius 1 is 1.47 bits per heavy atom. The fourth-order valence-electron chi connectivity index (χ4n) is 2.01. The van der Waals surface area contributed by atoms with E-state index < -0.39 is 14.3 Å². The van der Waals surface area contributed by atoms with Gasteiger partial charge in [-0.1, -0.05) is 0 Å². The Morgan fingerprint density at radius 3 is 2.67 bits per heavy atom. The molecule has 1 unspecified atom stereocenters. The molecule has 2 fully saturated rings. The molecule has 2 aliphatic rings. The van der Waals surface area contributed by atoms with Crippen molar-refractivity contribution < 1.29 is 17.9 Å². The number of halogens is 1. The van der Waals surface area contributed by atoms with Gasteiger partial charge in [-0.25, -0.2) is 8.42 Å². The molecule has 2 rings (SSSR count). The zero-order chi connectivity index (χ0) is 11.1. The number of carbonyl (C=O) groups excluding carboxylic acids is 1. The molecule has 2 heterocycles. The maximum atomic E-state index is 11.6. The summed E-state index contributed by atoms with van der Waals surface area (Å²) < 4.78 is 27.4. The maximum absolute atomic E-state index is 11.6. The van der Waals surface area contributed by atoms with E-state index in [4.69, 9.17) is 15.4 Å². The van der Waals surface area contributed by atoms with Crippen LogP contribution in [0.3, 0.4) is 0 Å². The first kappa shape index (κ1) is 11.2. The van der Waals surface area contributed by atoms with Gasteiger partial charge < -0.3 is 9.64 Å². The van der Waals surface area contributed by atoms with Crippen molar-refractivity contribution in [3.05, 3.63) is 0 Å². The topological polar surface area (TPSA) is 63.7 Å². The lowest BCUT2D eigenvalue weighted by atomic mass is 10.2. The van der Waals surface area contributed by atoms with Crippen LogP contribution in [0, 0.1) is 0 Å². The minimum absolute atomic E-state index is 0.00231. The van der Waals surface area contributed by atoms with Crippen LogP contribution < -0.4 is 0 Å². The highest BCUT2D eigenvalue weighted by Gasteiger charge is 2.41. The second-order valence-electron chi connectivity index (χ2n) is 3.87. The third kappa shape index (κ3) is 2.26. The first-order valence-electron chi connectivity index (χ1n) is 4.79. The number of hydrogen-bond acceptors (Lipinski definition) is 4. The first-order chi connectivity index (χ1) is 6.98. The van der Waals surface area contributed by atoms with Gasteiger partial charge in [0.1, 0.15) is 5.25 Å². The van der Waals surface area contributed by atoms with E-state index in [-0.39, 0.29) is 24.9 Å². The van der Waals surface area contributed by atoms with E-state index in [0.717, 1.165) is 6.42 Å². The molecule has 1 amide bonds. The first-order valence-corrected chi connectivity index (χ1v) is 7.16. The number of amides is 1. The summed E-state index contributed by atoms with van der Waals surface area (Å²) in [5.74, 6) is -0.139. The van der Waals surface area contributed by atoms with Crippen molar-refractivity contribution in [2.45, 2.75) is 24.1 Å². The molecule has 2 atom stereocenters. The third-order valence-electron chi connectivity index (χ3n) is 2.87. The summed E-state index contributed by atoms with van der Waals surface area (Å²) >= 11 is 0. The number of nitrogens with zero attached hydrogens (tertiary/aromatic N) is 1. The van der Waals surface area contributed by atoms with Gasteiger partial charge in [0.15, 0.2) is 0 Å².